The molecule has 0 spiro atoms. The molecule has 2 aromatic heterocycles. The third kappa shape index (κ3) is 8.18. The van der Waals surface area contributed by atoms with E-state index in [2.05, 4.69) is 30.4 Å². The van der Waals surface area contributed by atoms with Crippen molar-refractivity contribution < 1.29 is 43.1 Å². The fourth-order valence-electron chi connectivity index (χ4n) is 6.00. The fourth-order valence-corrected chi connectivity index (χ4v) is 7.76. The van der Waals surface area contributed by atoms with Crippen LogP contribution in [0.15, 0.2) is 67.0 Å². The van der Waals surface area contributed by atoms with Gasteiger partial charge < -0.3 is 34.3 Å². The molecule has 1 unspecified atom stereocenters. The number of aryl methyl sites for hydroxylation is 1. The standard InChI is InChI=1S/C35H44N7O9P/c1-5-48-32(44)26(22-13-9-7-10-14-22)40-52(47,41-27(33(45)49-6-2)23-15-11-8-12-16-23)50-19-25-29(43)35(4,46)34(51-25)42-20-36-28-30(39-24-17-18-24)37-21(3)38-31(28)42/h7-16,20,24-27,29,34,43,46H,5-6,17-19H2,1-4H3,(H,37,38,39)(H2,40,41,47)/t25-,26+,27+,29?,34-,35+/m1/s1. The molecule has 17 heteroatoms. The van der Waals surface area contributed by atoms with Crippen LogP contribution in [-0.4, -0.2) is 85.3 Å². The minimum atomic E-state index is -4.50. The summed E-state index contributed by atoms with van der Waals surface area (Å²) in [6.45, 7) is 5.95. The molecule has 2 aromatic carbocycles. The molecule has 3 heterocycles. The number of nitrogens with zero attached hydrogens (tertiary/aromatic N) is 4. The average Bonchev–Trinajstić information content (AvgIpc) is 3.80. The highest BCUT2D eigenvalue weighted by Crippen LogP contribution is 2.47. The van der Waals surface area contributed by atoms with E-state index in [1.54, 1.807) is 81.4 Å². The van der Waals surface area contributed by atoms with Crippen LogP contribution in [0.1, 0.15) is 68.9 Å². The van der Waals surface area contributed by atoms with Crippen LogP contribution in [0, 0.1) is 6.92 Å². The van der Waals surface area contributed by atoms with Gasteiger partial charge in [0, 0.05) is 6.04 Å². The zero-order valence-electron chi connectivity index (χ0n) is 29.3. The highest BCUT2D eigenvalue weighted by Gasteiger charge is 2.54. The first kappa shape index (κ1) is 37.5. The highest BCUT2D eigenvalue weighted by molar-refractivity contribution is 7.54. The Labute approximate surface area is 300 Å². The van der Waals surface area contributed by atoms with E-state index >= 15 is 0 Å². The Kier molecular flexibility index (Phi) is 11.4. The first-order valence-electron chi connectivity index (χ1n) is 17.2. The van der Waals surface area contributed by atoms with Gasteiger partial charge in [-0.15, -0.1) is 0 Å². The number of fused-ring (bicyclic) bond motifs is 1. The molecule has 1 aliphatic heterocycles. The van der Waals surface area contributed by atoms with Gasteiger partial charge in [-0.3, -0.25) is 9.13 Å². The number of ether oxygens (including phenoxy) is 3. The molecule has 0 radical (unpaired) electrons. The van der Waals surface area contributed by atoms with E-state index in [9.17, 15) is 24.4 Å². The van der Waals surface area contributed by atoms with Gasteiger partial charge in [0.05, 0.1) is 26.1 Å². The van der Waals surface area contributed by atoms with Crippen LogP contribution in [-0.2, 0) is 32.9 Å². The SMILES string of the molecule is CCOC(=O)[C@@H](NP(=O)(N[C@H](C(=O)OCC)c1ccccc1)OC[C@H]1O[C@@H](n2cnc3c(NC4CC4)nc(C)nc32)[C@@](C)(O)C1O)c1ccccc1. The number of nitrogens with one attached hydrogen (secondary N) is 3. The van der Waals surface area contributed by atoms with Gasteiger partial charge >= 0.3 is 19.6 Å². The number of aliphatic hydroxyl groups is 2. The van der Waals surface area contributed by atoms with Gasteiger partial charge in [-0.25, -0.2) is 34.7 Å². The summed E-state index contributed by atoms with van der Waals surface area (Å²) >= 11 is 0. The first-order valence-corrected chi connectivity index (χ1v) is 18.8. The Morgan fingerprint density at radius 3 is 2.06 bits per heavy atom. The number of imidazole rings is 1. The molecule has 2 aliphatic rings. The number of esters is 2. The van der Waals surface area contributed by atoms with Gasteiger partial charge in [-0.2, -0.15) is 0 Å². The smallest absolute Gasteiger partial charge is 0.342 e. The maximum Gasteiger partial charge on any atom is 0.342 e. The second kappa shape index (κ2) is 15.8. The lowest BCUT2D eigenvalue weighted by molar-refractivity contribution is -0.145. The molecule has 0 amide bonds. The third-order valence-corrected chi connectivity index (χ3v) is 10.5. The van der Waals surface area contributed by atoms with Gasteiger partial charge in [-0.05, 0) is 51.7 Å². The summed E-state index contributed by atoms with van der Waals surface area (Å²) in [4.78, 5) is 40.1. The first-order chi connectivity index (χ1) is 24.9. The molecule has 0 bridgehead atoms. The van der Waals surface area contributed by atoms with Crippen LogP contribution in [0.5, 0.6) is 0 Å². The molecule has 278 valence electrons. The van der Waals surface area contributed by atoms with Gasteiger partial charge in [0.25, 0.3) is 0 Å². The second-order valence-electron chi connectivity index (χ2n) is 12.9. The molecule has 6 rings (SSSR count). The number of anilines is 1. The molecule has 52 heavy (non-hydrogen) atoms. The maximum atomic E-state index is 15.0. The molecular weight excluding hydrogens is 693 g/mol. The van der Waals surface area contributed by atoms with Crippen LogP contribution < -0.4 is 15.5 Å². The van der Waals surface area contributed by atoms with Crippen molar-refractivity contribution in [3.05, 3.63) is 83.9 Å². The zero-order valence-corrected chi connectivity index (χ0v) is 30.2. The summed E-state index contributed by atoms with van der Waals surface area (Å²) in [5.41, 5.74) is -0.215. The zero-order chi connectivity index (χ0) is 37.0. The summed E-state index contributed by atoms with van der Waals surface area (Å²) in [7, 11) is -4.50. The molecule has 5 N–H and O–H groups in total. The van der Waals surface area contributed by atoms with E-state index in [1.165, 1.54) is 17.8 Å². The van der Waals surface area contributed by atoms with Crippen molar-refractivity contribution in [1.82, 2.24) is 29.7 Å². The second-order valence-corrected chi connectivity index (χ2v) is 14.7. The lowest BCUT2D eigenvalue weighted by atomic mass is 9.96. The van der Waals surface area contributed by atoms with E-state index in [-0.39, 0.29) is 13.2 Å². The van der Waals surface area contributed by atoms with Crippen LogP contribution in [0.2, 0.25) is 0 Å². The Balaban J connectivity index is 1.31. The van der Waals surface area contributed by atoms with Crippen molar-refractivity contribution in [2.45, 2.75) is 82.7 Å². The Bertz CT molecular complexity index is 1840. The minimum Gasteiger partial charge on any atom is -0.465 e. The third-order valence-electron chi connectivity index (χ3n) is 8.79. The predicted molar refractivity (Wildman–Crippen MR) is 189 cm³/mol. The normalized spacial score (nSPS) is 22.9. The average molecular weight is 738 g/mol. The number of rotatable bonds is 16. The summed E-state index contributed by atoms with van der Waals surface area (Å²) < 4.78 is 39.4. The minimum absolute atomic E-state index is 0.0436. The highest BCUT2D eigenvalue weighted by atomic mass is 31.2. The van der Waals surface area contributed by atoms with Crippen molar-refractivity contribution >= 4 is 36.6 Å². The van der Waals surface area contributed by atoms with E-state index < -0.39 is 62.3 Å². The van der Waals surface area contributed by atoms with Crippen molar-refractivity contribution in [3.8, 4) is 0 Å². The number of hydrogen-bond donors (Lipinski definition) is 5. The van der Waals surface area contributed by atoms with Crippen molar-refractivity contribution in [3.63, 3.8) is 0 Å². The van der Waals surface area contributed by atoms with Crippen molar-refractivity contribution in [2.24, 2.45) is 0 Å². The number of carbonyl (C=O) groups excluding carboxylic acids is 2. The van der Waals surface area contributed by atoms with Gasteiger partial charge in [0.2, 0.25) is 0 Å². The summed E-state index contributed by atoms with van der Waals surface area (Å²) in [6, 6.07) is 14.6. The number of hydrogen-bond acceptors (Lipinski definition) is 13. The molecule has 1 saturated heterocycles. The monoisotopic (exact) mass is 737 g/mol. The molecular formula is C35H44N7O9P. The summed E-state index contributed by atoms with van der Waals surface area (Å²) in [6.07, 6.45) is -0.515. The number of aliphatic hydroxyl groups excluding tert-OH is 1. The van der Waals surface area contributed by atoms with E-state index in [0.29, 0.717) is 40.0 Å². The van der Waals surface area contributed by atoms with Crippen LogP contribution in [0.4, 0.5) is 5.82 Å². The Morgan fingerprint density at radius 2 is 1.54 bits per heavy atom. The molecule has 4 aromatic rings. The molecule has 6 atom stereocenters. The molecule has 2 fully saturated rings. The molecule has 16 nitrogen and oxygen atoms in total. The van der Waals surface area contributed by atoms with Gasteiger partial charge in [0.15, 0.2) is 23.2 Å². The topological polar surface area (TPSA) is 208 Å². The predicted octanol–water partition coefficient (Wildman–Crippen LogP) is 3.63. The number of aromatic nitrogens is 4. The van der Waals surface area contributed by atoms with Crippen molar-refractivity contribution in [1.29, 1.82) is 0 Å². The van der Waals surface area contributed by atoms with Crippen molar-refractivity contribution in [2.75, 3.05) is 25.1 Å². The quantitative estimate of drug-likeness (QED) is 0.0822. The van der Waals surface area contributed by atoms with Gasteiger partial charge in [0.1, 0.15) is 35.7 Å². The largest absolute Gasteiger partial charge is 0.465 e. The summed E-state index contributed by atoms with van der Waals surface area (Å²) in [5, 5.41) is 32.0. The lowest BCUT2D eigenvalue weighted by Gasteiger charge is -2.30. The van der Waals surface area contributed by atoms with Crippen LogP contribution in [0.25, 0.3) is 11.2 Å². The number of benzene rings is 2. The van der Waals surface area contributed by atoms with E-state index in [1.807, 2.05) is 0 Å². The Morgan fingerprint density at radius 1 is 0.981 bits per heavy atom. The Hall–Kier alpha value is -4.28. The molecule has 1 saturated carbocycles. The number of carbonyl (C=O) groups is 2. The van der Waals surface area contributed by atoms with E-state index in [4.69, 9.17) is 18.7 Å². The fraction of sp³-hybridized carbons (Fsp3) is 0.457. The summed E-state index contributed by atoms with van der Waals surface area (Å²) in [5.74, 6) is -0.458. The van der Waals surface area contributed by atoms with Gasteiger partial charge in [-0.1, -0.05) is 60.7 Å². The van der Waals surface area contributed by atoms with E-state index in [0.717, 1.165) is 12.8 Å². The van der Waals surface area contributed by atoms with Crippen LogP contribution in [0.3, 0.4) is 0 Å². The maximum absolute atomic E-state index is 15.0. The van der Waals surface area contributed by atoms with Crippen LogP contribution >= 0.6 is 7.67 Å². The lowest BCUT2D eigenvalue weighted by Crippen LogP contribution is -2.44. The molecule has 1 aliphatic carbocycles.